The van der Waals surface area contributed by atoms with Crippen LogP contribution in [0.15, 0.2) is 12.3 Å². The van der Waals surface area contributed by atoms with Crippen molar-refractivity contribution in [2.24, 2.45) is 0 Å². The number of nitrogens with zero attached hydrogens (tertiary/aromatic N) is 2. The highest BCUT2D eigenvalue weighted by molar-refractivity contribution is 5.59. The quantitative estimate of drug-likeness (QED) is 0.677. The summed E-state index contributed by atoms with van der Waals surface area (Å²) in [6.07, 6.45) is -3.36. The van der Waals surface area contributed by atoms with Crippen LogP contribution in [0, 0.1) is 12.9 Å². The van der Waals surface area contributed by atoms with Crippen LogP contribution < -0.4 is 4.74 Å². The number of aromatic nitrogens is 3. The van der Waals surface area contributed by atoms with Crippen molar-refractivity contribution in [3.05, 3.63) is 29.5 Å². The average Bonchev–Trinajstić information content (AvgIpc) is 2.72. The minimum Gasteiger partial charge on any atom is -0.480 e. The molecule has 2 aromatic rings. The first-order valence-corrected chi connectivity index (χ1v) is 5.17. The Balaban J connectivity index is 2.64. The number of aryl methyl sites for hydroxylation is 1. The first-order chi connectivity index (χ1) is 8.84. The molecule has 2 rings (SSSR count). The molecule has 0 unspecified atom stereocenters. The number of alkyl halides is 3. The fourth-order valence-corrected chi connectivity index (χ4v) is 1.62. The molecule has 0 amide bonds. The molecule has 0 fully saturated rings. The molecular weight excluding hydrogens is 266 g/mol. The third-order valence-corrected chi connectivity index (χ3v) is 2.50. The van der Waals surface area contributed by atoms with Crippen molar-refractivity contribution in [2.45, 2.75) is 13.1 Å². The molecule has 0 aromatic carbocycles. The number of methoxy groups -OCH3 is 1. The summed E-state index contributed by atoms with van der Waals surface area (Å²) in [6, 6.07) is 1.54. The molecule has 0 atom stereocenters. The third kappa shape index (κ3) is 2.38. The van der Waals surface area contributed by atoms with Gasteiger partial charge >= 0.3 is 6.18 Å². The minimum absolute atomic E-state index is 0.166. The Morgan fingerprint density at radius 1 is 1.26 bits per heavy atom. The smallest absolute Gasteiger partial charge is 0.426 e. The highest BCUT2D eigenvalue weighted by Crippen LogP contribution is 2.37. The van der Waals surface area contributed by atoms with Crippen LogP contribution in [0.25, 0.3) is 11.4 Å². The predicted octanol–water partition coefficient (Wildman–Crippen LogP) is 2.95. The van der Waals surface area contributed by atoms with E-state index in [-0.39, 0.29) is 5.82 Å². The molecule has 0 radical (unpaired) electrons. The molecule has 0 aliphatic rings. The van der Waals surface area contributed by atoms with Gasteiger partial charge in [-0.1, -0.05) is 0 Å². The second-order valence-corrected chi connectivity index (χ2v) is 3.74. The van der Waals surface area contributed by atoms with E-state index in [9.17, 15) is 17.6 Å². The van der Waals surface area contributed by atoms with Crippen LogP contribution >= 0.6 is 0 Å². The number of H-pyrrole nitrogens is 1. The van der Waals surface area contributed by atoms with Crippen molar-refractivity contribution in [2.75, 3.05) is 7.11 Å². The standard InChI is InChI=1S/C11H9F4N3O/c1-5-6(3-4-16-5)9-17-8(12)7(11(13,14)15)10(18-9)19-2/h3-4,16H,1-2H3. The number of ether oxygens (including phenoxy) is 1. The summed E-state index contributed by atoms with van der Waals surface area (Å²) in [5.41, 5.74) is -0.584. The Morgan fingerprint density at radius 2 is 1.95 bits per heavy atom. The summed E-state index contributed by atoms with van der Waals surface area (Å²) in [5, 5.41) is 0. The number of hydrogen-bond acceptors (Lipinski definition) is 3. The van der Waals surface area contributed by atoms with Gasteiger partial charge in [0.15, 0.2) is 11.4 Å². The first-order valence-electron chi connectivity index (χ1n) is 5.17. The van der Waals surface area contributed by atoms with Crippen molar-refractivity contribution in [3.8, 4) is 17.3 Å². The molecular formula is C11H9F4N3O. The zero-order chi connectivity index (χ0) is 14.2. The minimum atomic E-state index is -4.92. The van der Waals surface area contributed by atoms with E-state index >= 15 is 0 Å². The average molecular weight is 275 g/mol. The number of hydrogen-bond donors (Lipinski definition) is 1. The van der Waals surface area contributed by atoms with Gasteiger partial charge in [0, 0.05) is 17.5 Å². The van der Waals surface area contributed by atoms with Gasteiger partial charge in [-0.2, -0.15) is 27.5 Å². The number of rotatable bonds is 2. The zero-order valence-electron chi connectivity index (χ0n) is 9.97. The Morgan fingerprint density at radius 3 is 2.42 bits per heavy atom. The lowest BCUT2D eigenvalue weighted by molar-refractivity contribution is -0.142. The molecule has 0 bridgehead atoms. The third-order valence-electron chi connectivity index (χ3n) is 2.50. The SMILES string of the molecule is COc1nc(-c2cc[nH]c2C)nc(F)c1C(F)(F)F. The fraction of sp³-hybridized carbons (Fsp3) is 0.273. The Labute approximate surface area is 105 Å². The van der Waals surface area contributed by atoms with Gasteiger partial charge < -0.3 is 9.72 Å². The van der Waals surface area contributed by atoms with Crippen LogP contribution in [0.1, 0.15) is 11.3 Å². The maximum Gasteiger partial charge on any atom is 0.426 e. The van der Waals surface area contributed by atoms with Crippen molar-refractivity contribution in [1.82, 2.24) is 15.0 Å². The van der Waals surface area contributed by atoms with Crippen LogP contribution in [-0.2, 0) is 6.18 Å². The molecule has 0 saturated carbocycles. The summed E-state index contributed by atoms with van der Waals surface area (Å²) in [4.78, 5) is 9.67. The largest absolute Gasteiger partial charge is 0.480 e. The van der Waals surface area contributed by atoms with Crippen molar-refractivity contribution < 1.29 is 22.3 Å². The molecule has 0 aliphatic heterocycles. The van der Waals surface area contributed by atoms with Gasteiger partial charge in [-0.25, -0.2) is 0 Å². The molecule has 4 nitrogen and oxygen atoms in total. The van der Waals surface area contributed by atoms with Crippen molar-refractivity contribution in [1.29, 1.82) is 0 Å². The Hall–Kier alpha value is -2.12. The van der Waals surface area contributed by atoms with Crippen LogP contribution in [0.5, 0.6) is 5.88 Å². The number of nitrogens with one attached hydrogen (secondary N) is 1. The van der Waals surface area contributed by atoms with E-state index < -0.39 is 23.6 Å². The van der Waals surface area contributed by atoms with E-state index in [1.54, 1.807) is 13.1 Å². The van der Waals surface area contributed by atoms with Crippen LogP contribution in [0.3, 0.4) is 0 Å². The molecule has 0 saturated heterocycles. The van der Waals surface area contributed by atoms with E-state index in [0.29, 0.717) is 11.3 Å². The van der Waals surface area contributed by atoms with E-state index in [2.05, 4.69) is 19.7 Å². The second kappa shape index (κ2) is 4.52. The van der Waals surface area contributed by atoms with Gasteiger partial charge in [0.25, 0.3) is 0 Å². The van der Waals surface area contributed by atoms with Gasteiger partial charge in [0.2, 0.25) is 11.8 Å². The lowest BCUT2D eigenvalue weighted by atomic mass is 10.2. The molecule has 0 aliphatic carbocycles. The second-order valence-electron chi connectivity index (χ2n) is 3.74. The molecule has 1 N–H and O–H groups in total. The maximum atomic E-state index is 13.6. The highest BCUT2D eigenvalue weighted by Gasteiger charge is 2.40. The van der Waals surface area contributed by atoms with E-state index in [4.69, 9.17) is 0 Å². The molecule has 0 spiro atoms. The molecule has 2 aromatic heterocycles. The van der Waals surface area contributed by atoms with Crippen LogP contribution in [0.4, 0.5) is 17.6 Å². The van der Waals surface area contributed by atoms with Gasteiger partial charge in [0.05, 0.1) is 7.11 Å². The summed E-state index contributed by atoms with van der Waals surface area (Å²) in [5.74, 6) is -2.66. The normalized spacial score (nSPS) is 11.7. The van der Waals surface area contributed by atoms with Gasteiger partial charge in [-0.15, -0.1) is 0 Å². The molecule has 2 heterocycles. The van der Waals surface area contributed by atoms with Gasteiger partial charge in [0.1, 0.15) is 0 Å². The topological polar surface area (TPSA) is 50.8 Å². The van der Waals surface area contributed by atoms with Gasteiger partial charge in [-0.05, 0) is 13.0 Å². The zero-order valence-corrected chi connectivity index (χ0v) is 9.97. The van der Waals surface area contributed by atoms with E-state index in [1.165, 1.54) is 6.07 Å². The fourth-order valence-electron chi connectivity index (χ4n) is 1.62. The summed E-state index contributed by atoms with van der Waals surface area (Å²) in [7, 11) is 0.991. The van der Waals surface area contributed by atoms with Crippen molar-refractivity contribution in [3.63, 3.8) is 0 Å². The molecule has 8 heteroatoms. The number of aromatic amines is 1. The monoisotopic (exact) mass is 275 g/mol. The lowest BCUT2D eigenvalue weighted by Crippen LogP contribution is -2.14. The van der Waals surface area contributed by atoms with Gasteiger partial charge in [-0.3, -0.25) is 0 Å². The summed E-state index contributed by atoms with van der Waals surface area (Å²) in [6.45, 7) is 1.67. The molecule has 19 heavy (non-hydrogen) atoms. The Bertz CT molecular complexity index is 606. The first kappa shape index (κ1) is 13.3. The Kier molecular flexibility index (Phi) is 3.17. The number of halogens is 4. The molecule has 102 valence electrons. The maximum absolute atomic E-state index is 13.6. The van der Waals surface area contributed by atoms with E-state index in [1.807, 2.05) is 0 Å². The highest BCUT2D eigenvalue weighted by atomic mass is 19.4. The predicted molar refractivity (Wildman–Crippen MR) is 58.1 cm³/mol. The summed E-state index contributed by atoms with van der Waals surface area (Å²) < 4.78 is 56.0. The summed E-state index contributed by atoms with van der Waals surface area (Å²) >= 11 is 0. The van der Waals surface area contributed by atoms with Crippen LogP contribution in [0.2, 0.25) is 0 Å². The lowest BCUT2D eigenvalue weighted by Gasteiger charge is -2.12. The van der Waals surface area contributed by atoms with Crippen molar-refractivity contribution >= 4 is 0 Å². The van der Waals surface area contributed by atoms with E-state index in [0.717, 1.165) is 7.11 Å². The van der Waals surface area contributed by atoms with Crippen LogP contribution in [-0.4, -0.2) is 22.1 Å².